The van der Waals surface area contributed by atoms with Crippen molar-refractivity contribution >= 4 is 6.09 Å². The van der Waals surface area contributed by atoms with Crippen molar-refractivity contribution in [2.24, 2.45) is 0 Å². The average Bonchev–Trinajstić information content (AvgIpc) is 3.31. The highest BCUT2D eigenvalue weighted by Gasteiger charge is 2.45. The maximum atomic E-state index is 12.5. The minimum Gasteiger partial charge on any atom is -0.453 e. The Morgan fingerprint density at radius 1 is 1.09 bits per heavy atom. The van der Waals surface area contributed by atoms with E-state index in [2.05, 4.69) is 55.8 Å². The number of methoxy groups -OCH3 is 1. The Morgan fingerprint density at radius 3 is 2.52 bits per heavy atom. The van der Waals surface area contributed by atoms with Crippen LogP contribution < -0.4 is 0 Å². The highest BCUT2D eigenvalue weighted by atomic mass is 16.5. The van der Waals surface area contributed by atoms with E-state index in [1.165, 1.54) is 18.2 Å². The van der Waals surface area contributed by atoms with E-state index in [1.807, 2.05) is 18.3 Å². The predicted octanol–water partition coefficient (Wildman–Crippen LogP) is 3.48. The van der Waals surface area contributed by atoms with Gasteiger partial charge in [0.1, 0.15) is 0 Å². The van der Waals surface area contributed by atoms with Gasteiger partial charge in [-0.05, 0) is 42.5 Å². The molecule has 1 fully saturated rings. The van der Waals surface area contributed by atoms with Crippen molar-refractivity contribution < 1.29 is 9.53 Å². The van der Waals surface area contributed by atoms with Crippen molar-refractivity contribution in [1.82, 2.24) is 29.5 Å². The van der Waals surface area contributed by atoms with Crippen molar-refractivity contribution in [3.63, 3.8) is 0 Å². The Hall–Kier alpha value is -3.26. The molecule has 0 saturated carbocycles. The fraction of sp³-hybridized carbons (Fsp3) is 0.440. The standard InChI is InChI=1S/C25H30N6O2/c1-3-19-6-8-20(9-7-19)16-29-13-10-25(11-14-29)18-30(24(32)33-2)17-22-27-28-23(31(22)25)21-5-4-12-26-15-21/h4-9,12,15H,3,10-11,13-14,16-18H2,1-2H3. The highest BCUT2D eigenvalue weighted by Crippen LogP contribution is 2.39. The number of carbonyl (C=O) groups excluding carboxylic acids is 1. The molecule has 8 heteroatoms. The van der Waals surface area contributed by atoms with Gasteiger partial charge >= 0.3 is 6.09 Å². The number of likely N-dealkylation sites (tertiary alicyclic amines) is 1. The largest absolute Gasteiger partial charge is 0.453 e. The summed E-state index contributed by atoms with van der Waals surface area (Å²) in [5.41, 5.74) is 3.38. The van der Waals surface area contributed by atoms with E-state index in [9.17, 15) is 4.79 Å². The molecule has 0 aliphatic carbocycles. The van der Waals surface area contributed by atoms with E-state index in [0.29, 0.717) is 13.1 Å². The average molecular weight is 447 g/mol. The number of hydrogen-bond donors (Lipinski definition) is 0. The molecular weight excluding hydrogens is 416 g/mol. The lowest BCUT2D eigenvalue weighted by molar-refractivity contribution is 0.0341. The summed E-state index contributed by atoms with van der Waals surface area (Å²) < 4.78 is 7.33. The van der Waals surface area contributed by atoms with Crippen molar-refractivity contribution in [2.45, 2.75) is 44.8 Å². The number of hydrogen-bond acceptors (Lipinski definition) is 6. The molecule has 1 amide bonds. The number of amides is 1. The SMILES string of the molecule is CCc1ccc(CN2CCC3(CC2)CN(C(=O)OC)Cc2nnc(-c4cccnc4)n23)cc1. The van der Waals surface area contributed by atoms with Crippen LogP contribution in [0.15, 0.2) is 48.8 Å². The van der Waals surface area contributed by atoms with Crippen molar-refractivity contribution in [3.05, 3.63) is 65.7 Å². The number of pyridine rings is 1. The van der Waals surface area contributed by atoms with Gasteiger partial charge in [-0.1, -0.05) is 31.2 Å². The second kappa shape index (κ2) is 8.94. The second-order valence-electron chi connectivity index (χ2n) is 9.01. The molecule has 2 aromatic heterocycles. The van der Waals surface area contributed by atoms with Crippen LogP contribution >= 0.6 is 0 Å². The number of rotatable bonds is 4. The Bertz CT molecular complexity index is 1100. The summed E-state index contributed by atoms with van der Waals surface area (Å²) in [7, 11) is 1.43. The van der Waals surface area contributed by atoms with Crippen LogP contribution in [-0.2, 0) is 29.8 Å². The summed E-state index contributed by atoms with van der Waals surface area (Å²) in [4.78, 5) is 21.0. The first-order valence-corrected chi connectivity index (χ1v) is 11.6. The van der Waals surface area contributed by atoms with E-state index >= 15 is 0 Å². The maximum Gasteiger partial charge on any atom is 0.409 e. The maximum absolute atomic E-state index is 12.5. The van der Waals surface area contributed by atoms with Gasteiger partial charge in [-0.3, -0.25) is 14.8 Å². The van der Waals surface area contributed by atoms with Gasteiger partial charge in [0.15, 0.2) is 11.6 Å². The van der Waals surface area contributed by atoms with Crippen LogP contribution in [0.3, 0.4) is 0 Å². The molecule has 33 heavy (non-hydrogen) atoms. The first kappa shape index (κ1) is 21.6. The molecule has 2 aliphatic heterocycles. The van der Waals surface area contributed by atoms with Crippen LogP contribution in [-0.4, -0.2) is 62.4 Å². The predicted molar refractivity (Wildman–Crippen MR) is 124 cm³/mol. The molecule has 1 saturated heterocycles. The van der Waals surface area contributed by atoms with Gasteiger partial charge in [-0.25, -0.2) is 4.79 Å². The van der Waals surface area contributed by atoms with Crippen LogP contribution in [0.25, 0.3) is 11.4 Å². The van der Waals surface area contributed by atoms with Gasteiger partial charge in [0.05, 0.1) is 19.2 Å². The van der Waals surface area contributed by atoms with Gasteiger partial charge in [0, 0.05) is 44.1 Å². The molecule has 2 aliphatic rings. The molecule has 1 spiro atoms. The molecule has 172 valence electrons. The molecule has 0 atom stereocenters. The number of fused-ring (bicyclic) bond motifs is 2. The van der Waals surface area contributed by atoms with Gasteiger partial charge in [0.25, 0.3) is 0 Å². The van der Waals surface area contributed by atoms with E-state index in [4.69, 9.17) is 4.74 Å². The number of carbonyl (C=O) groups is 1. The number of aryl methyl sites for hydroxylation is 1. The Morgan fingerprint density at radius 2 is 1.85 bits per heavy atom. The summed E-state index contributed by atoms with van der Waals surface area (Å²) in [5.74, 6) is 1.63. The van der Waals surface area contributed by atoms with Crippen LogP contribution in [0.5, 0.6) is 0 Å². The third kappa shape index (κ3) is 4.11. The number of ether oxygens (including phenoxy) is 1. The summed E-state index contributed by atoms with van der Waals surface area (Å²) in [6.07, 6.45) is 6.15. The van der Waals surface area contributed by atoms with Crippen LogP contribution in [0.1, 0.15) is 36.7 Å². The summed E-state index contributed by atoms with van der Waals surface area (Å²) in [6.45, 7) is 5.99. The fourth-order valence-electron chi connectivity index (χ4n) is 5.16. The normalized spacial score (nSPS) is 17.7. The molecule has 0 radical (unpaired) electrons. The minimum atomic E-state index is -0.315. The number of piperidine rings is 1. The van der Waals surface area contributed by atoms with Crippen molar-refractivity contribution in [3.8, 4) is 11.4 Å². The monoisotopic (exact) mass is 446 g/mol. The third-order valence-corrected chi connectivity index (χ3v) is 7.00. The summed E-state index contributed by atoms with van der Waals surface area (Å²) in [5, 5.41) is 9.00. The molecular formula is C25H30N6O2. The van der Waals surface area contributed by atoms with E-state index in [1.54, 1.807) is 11.1 Å². The molecule has 0 N–H and O–H groups in total. The topological polar surface area (TPSA) is 76.4 Å². The molecule has 4 heterocycles. The molecule has 0 bridgehead atoms. The molecule has 5 rings (SSSR count). The lowest BCUT2D eigenvalue weighted by Gasteiger charge is -2.48. The smallest absolute Gasteiger partial charge is 0.409 e. The number of benzene rings is 1. The van der Waals surface area contributed by atoms with Gasteiger partial charge < -0.3 is 9.30 Å². The zero-order valence-corrected chi connectivity index (χ0v) is 19.3. The van der Waals surface area contributed by atoms with Gasteiger partial charge in [-0.2, -0.15) is 0 Å². The van der Waals surface area contributed by atoms with E-state index in [-0.39, 0.29) is 11.6 Å². The Labute approximate surface area is 194 Å². The Kier molecular flexibility index (Phi) is 5.85. The second-order valence-corrected chi connectivity index (χ2v) is 9.01. The zero-order valence-electron chi connectivity index (χ0n) is 19.3. The first-order valence-electron chi connectivity index (χ1n) is 11.6. The highest BCUT2D eigenvalue weighted by molar-refractivity contribution is 5.68. The summed E-state index contributed by atoms with van der Waals surface area (Å²) in [6, 6.07) is 12.8. The molecule has 8 nitrogen and oxygen atoms in total. The Balaban J connectivity index is 1.42. The molecule has 0 unspecified atom stereocenters. The third-order valence-electron chi connectivity index (χ3n) is 7.00. The number of aromatic nitrogens is 4. The zero-order chi connectivity index (χ0) is 22.8. The summed E-state index contributed by atoms with van der Waals surface area (Å²) >= 11 is 0. The minimum absolute atomic E-state index is 0.265. The number of nitrogens with zero attached hydrogens (tertiary/aromatic N) is 6. The van der Waals surface area contributed by atoms with Crippen LogP contribution in [0.2, 0.25) is 0 Å². The van der Waals surface area contributed by atoms with E-state index < -0.39 is 0 Å². The molecule has 1 aromatic carbocycles. The fourth-order valence-corrected chi connectivity index (χ4v) is 5.16. The lowest BCUT2D eigenvalue weighted by Crippen LogP contribution is -2.57. The van der Waals surface area contributed by atoms with Gasteiger partial charge in [0.2, 0.25) is 0 Å². The first-order chi connectivity index (χ1) is 16.1. The van der Waals surface area contributed by atoms with Crippen LogP contribution in [0, 0.1) is 0 Å². The quantitative estimate of drug-likeness (QED) is 0.611. The molecule has 3 aromatic rings. The van der Waals surface area contributed by atoms with Crippen LogP contribution in [0.4, 0.5) is 4.79 Å². The van der Waals surface area contributed by atoms with E-state index in [0.717, 1.165) is 56.1 Å². The van der Waals surface area contributed by atoms with Gasteiger partial charge in [-0.15, -0.1) is 10.2 Å². The van der Waals surface area contributed by atoms with Crippen molar-refractivity contribution in [1.29, 1.82) is 0 Å². The van der Waals surface area contributed by atoms with Crippen molar-refractivity contribution in [2.75, 3.05) is 26.7 Å². The lowest BCUT2D eigenvalue weighted by atomic mass is 9.84.